The summed E-state index contributed by atoms with van der Waals surface area (Å²) in [7, 11) is 0. The maximum atomic E-state index is 12.0. The molecule has 0 aliphatic heterocycles. The molecular weight excluding hydrogens is 318 g/mol. The molecule has 128 valence electrons. The van der Waals surface area contributed by atoms with E-state index in [-0.39, 0.29) is 23.0 Å². The van der Waals surface area contributed by atoms with Crippen LogP contribution in [0.1, 0.15) is 24.0 Å². The van der Waals surface area contributed by atoms with Gasteiger partial charge in [-0.15, -0.1) is 0 Å². The quantitative estimate of drug-likeness (QED) is 0.513. The van der Waals surface area contributed by atoms with Gasteiger partial charge in [0.15, 0.2) is 5.78 Å². The number of allylic oxidation sites excluding steroid dienone is 1. The number of aromatic amines is 1. The van der Waals surface area contributed by atoms with E-state index in [9.17, 15) is 20.1 Å². The number of phenols is 3. The molecule has 1 aromatic heterocycles. The highest BCUT2D eigenvalue weighted by Gasteiger charge is 2.06. The summed E-state index contributed by atoms with van der Waals surface area (Å²) in [5, 5.41) is 29.5. The maximum absolute atomic E-state index is 12.0. The Bertz CT molecular complexity index is 940. The summed E-state index contributed by atoms with van der Waals surface area (Å²) in [6.07, 6.45) is 6.69. The predicted molar refractivity (Wildman–Crippen MR) is 96.7 cm³/mol. The van der Waals surface area contributed by atoms with Gasteiger partial charge in [0.25, 0.3) is 0 Å². The van der Waals surface area contributed by atoms with E-state index in [2.05, 4.69) is 4.98 Å². The summed E-state index contributed by atoms with van der Waals surface area (Å²) in [5.74, 6) is 0.102. The van der Waals surface area contributed by atoms with Gasteiger partial charge in [-0.05, 0) is 60.9 Å². The van der Waals surface area contributed by atoms with Crippen molar-refractivity contribution in [3.63, 3.8) is 0 Å². The molecule has 25 heavy (non-hydrogen) atoms. The van der Waals surface area contributed by atoms with Crippen molar-refractivity contribution < 1.29 is 20.1 Å². The zero-order chi connectivity index (χ0) is 17.8. The van der Waals surface area contributed by atoms with E-state index >= 15 is 0 Å². The Kier molecular flexibility index (Phi) is 4.75. The van der Waals surface area contributed by atoms with Crippen LogP contribution in [-0.4, -0.2) is 26.1 Å². The molecule has 0 aliphatic rings. The van der Waals surface area contributed by atoms with E-state index in [0.29, 0.717) is 18.4 Å². The third kappa shape index (κ3) is 4.01. The number of hydrogen-bond donors (Lipinski definition) is 4. The number of H-pyrrole nitrogens is 1. The van der Waals surface area contributed by atoms with Gasteiger partial charge in [0.05, 0.1) is 0 Å². The summed E-state index contributed by atoms with van der Waals surface area (Å²) in [6.45, 7) is 0. The van der Waals surface area contributed by atoms with Gasteiger partial charge in [-0.2, -0.15) is 0 Å². The summed E-state index contributed by atoms with van der Waals surface area (Å²) < 4.78 is 0. The molecule has 0 spiro atoms. The first kappa shape index (κ1) is 16.6. The molecule has 0 radical (unpaired) electrons. The Hall–Kier alpha value is -3.21. The first-order valence-electron chi connectivity index (χ1n) is 8.05. The number of hydrogen-bond acceptors (Lipinski definition) is 4. The highest BCUT2D eigenvalue weighted by atomic mass is 16.3. The van der Waals surface area contributed by atoms with Crippen LogP contribution in [-0.2, 0) is 11.2 Å². The fraction of sp³-hybridized carbons (Fsp3) is 0.150. The van der Waals surface area contributed by atoms with E-state index in [1.807, 2.05) is 12.3 Å². The first-order valence-corrected chi connectivity index (χ1v) is 8.05. The number of benzene rings is 2. The summed E-state index contributed by atoms with van der Waals surface area (Å²) in [4.78, 5) is 15.1. The lowest BCUT2D eigenvalue weighted by Gasteiger charge is -2.00. The van der Waals surface area contributed by atoms with E-state index < -0.39 is 0 Å². The largest absolute Gasteiger partial charge is 0.508 e. The number of rotatable bonds is 6. The van der Waals surface area contributed by atoms with Crippen molar-refractivity contribution in [2.75, 3.05) is 0 Å². The molecule has 0 atom stereocenters. The molecule has 4 N–H and O–H groups in total. The minimum Gasteiger partial charge on any atom is -0.508 e. The monoisotopic (exact) mass is 337 g/mol. The normalized spacial score (nSPS) is 11.4. The van der Waals surface area contributed by atoms with Crippen LogP contribution in [0.4, 0.5) is 0 Å². The molecule has 2 aromatic carbocycles. The van der Waals surface area contributed by atoms with Crippen LogP contribution in [0.5, 0.6) is 17.2 Å². The van der Waals surface area contributed by atoms with Crippen LogP contribution in [0.25, 0.3) is 17.0 Å². The zero-order valence-corrected chi connectivity index (χ0v) is 13.6. The molecule has 0 saturated carbocycles. The van der Waals surface area contributed by atoms with Crippen molar-refractivity contribution in [1.29, 1.82) is 0 Å². The van der Waals surface area contributed by atoms with Crippen LogP contribution >= 0.6 is 0 Å². The van der Waals surface area contributed by atoms with Crippen LogP contribution in [0.15, 0.2) is 48.7 Å². The number of nitrogens with one attached hydrogen (secondary N) is 1. The second kappa shape index (κ2) is 7.13. The van der Waals surface area contributed by atoms with E-state index in [4.69, 9.17) is 0 Å². The molecule has 3 rings (SSSR count). The Balaban J connectivity index is 1.57. The fourth-order valence-corrected chi connectivity index (χ4v) is 2.77. The van der Waals surface area contributed by atoms with Gasteiger partial charge in [0, 0.05) is 35.2 Å². The number of fused-ring (bicyclic) bond motifs is 1. The maximum Gasteiger partial charge on any atom is 0.155 e. The van der Waals surface area contributed by atoms with Crippen LogP contribution in [0.2, 0.25) is 0 Å². The number of ketones is 1. The predicted octanol–water partition coefficient (Wildman–Crippen LogP) is 3.89. The fourth-order valence-electron chi connectivity index (χ4n) is 2.77. The number of phenolic OH excluding ortho intramolecular Hbond substituents is 3. The van der Waals surface area contributed by atoms with Crippen LogP contribution in [0.3, 0.4) is 0 Å². The molecule has 5 heteroatoms. The number of aromatic hydroxyl groups is 3. The average molecular weight is 337 g/mol. The Morgan fingerprint density at radius 2 is 1.80 bits per heavy atom. The summed E-state index contributed by atoms with van der Waals surface area (Å²) in [5.41, 5.74) is 2.51. The average Bonchev–Trinajstić information content (AvgIpc) is 2.96. The van der Waals surface area contributed by atoms with Crippen LogP contribution in [0, 0.1) is 0 Å². The van der Waals surface area contributed by atoms with Gasteiger partial charge in [-0.25, -0.2) is 0 Å². The molecule has 3 aromatic rings. The smallest absolute Gasteiger partial charge is 0.155 e. The molecule has 0 amide bonds. The van der Waals surface area contributed by atoms with E-state index in [1.54, 1.807) is 24.3 Å². The minimum atomic E-state index is -0.0670. The topological polar surface area (TPSA) is 93.5 Å². The zero-order valence-electron chi connectivity index (χ0n) is 13.6. The number of carbonyl (C=O) groups excluding carboxylic acids is 1. The van der Waals surface area contributed by atoms with Gasteiger partial charge in [0.1, 0.15) is 17.2 Å². The Morgan fingerprint density at radius 3 is 2.60 bits per heavy atom. The van der Waals surface area contributed by atoms with Crippen molar-refractivity contribution in [1.82, 2.24) is 4.98 Å². The summed E-state index contributed by atoms with van der Waals surface area (Å²) in [6, 6.07) is 9.41. The molecule has 1 heterocycles. The third-order valence-corrected chi connectivity index (χ3v) is 4.08. The second-order valence-electron chi connectivity index (χ2n) is 5.94. The minimum absolute atomic E-state index is 0.0225. The van der Waals surface area contributed by atoms with Crippen molar-refractivity contribution in [3.05, 3.63) is 59.8 Å². The number of aromatic nitrogens is 1. The van der Waals surface area contributed by atoms with Gasteiger partial charge >= 0.3 is 0 Å². The van der Waals surface area contributed by atoms with Gasteiger partial charge < -0.3 is 20.3 Å². The molecule has 0 fully saturated rings. The lowest BCUT2D eigenvalue weighted by Crippen LogP contribution is -1.94. The first-order chi connectivity index (χ1) is 12.0. The molecular formula is C20H19NO4. The Morgan fingerprint density at radius 1 is 1.04 bits per heavy atom. The van der Waals surface area contributed by atoms with Crippen LogP contribution < -0.4 is 0 Å². The lowest BCUT2D eigenvalue weighted by molar-refractivity contribution is -0.114. The molecule has 0 bridgehead atoms. The number of aryl methyl sites for hydroxylation is 1. The van der Waals surface area contributed by atoms with E-state index in [1.165, 1.54) is 18.2 Å². The van der Waals surface area contributed by atoms with Crippen molar-refractivity contribution in [2.24, 2.45) is 0 Å². The molecule has 0 aliphatic carbocycles. The van der Waals surface area contributed by atoms with Crippen molar-refractivity contribution >= 4 is 22.8 Å². The van der Waals surface area contributed by atoms with Gasteiger partial charge in [-0.3, -0.25) is 4.79 Å². The third-order valence-electron chi connectivity index (χ3n) is 4.08. The van der Waals surface area contributed by atoms with Crippen molar-refractivity contribution in [2.45, 2.75) is 19.3 Å². The van der Waals surface area contributed by atoms with Gasteiger partial charge in [0.2, 0.25) is 0 Å². The Labute approximate surface area is 144 Å². The number of carbonyl (C=O) groups is 1. The highest BCUT2D eigenvalue weighted by Crippen LogP contribution is 2.25. The van der Waals surface area contributed by atoms with E-state index in [0.717, 1.165) is 22.9 Å². The standard InChI is InChI=1S/C20H19NO4/c22-15(6-4-13-5-7-17(24)11-20(13)25)3-1-2-14-12-21-19-9-8-16(23)10-18(14)19/h4-12,21,23-25H,1-3H2/b6-4+. The molecule has 5 nitrogen and oxygen atoms in total. The lowest BCUT2D eigenvalue weighted by atomic mass is 10.0. The van der Waals surface area contributed by atoms with Crippen molar-refractivity contribution in [3.8, 4) is 17.2 Å². The van der Waals surface area contributed by atoms with Gasteiger partial charge in [-0.1, -0.05) is 0 Å². The highest BCUT2D eigenvalue weighted by molar-refractivity contribution is 5.94. The summed E-state index contributed by atoms with van der Waals surface area (Å²) >= 11 is 0. The SMILES string of the molecule is O=C(/C=C/c1ccc(O)cc1O)CCCc1c[nH]c2ccc(O)cc12. The second-order valence-corrected chi connectivity index (χ2v) is 5.94. The molecule has 0 unspecified atom stereocenters. The molecule has 0 saturated heterocycles.